The Morgan fingerprint density at radius 2 is 1.80 bits per heavy atom. The number of ether oxygens (including phenoxy) is 2. The Bertz CT molecular complexity index is 1860. The van der Waals surface area contributed by atoms with Gasteiger partial charge in [0.2, 0.25) is 5.82 Å². The van der Waals surface area contributed by atoms with Crippen LogP contribution in [-0.4, -0.2) is 80.8 Å². The summed E-state index contributed by atoms with van der Waals surface area (Å²) in [6.45, 7) is 12.5. The van der Waals surface area contributed by atoms with E-state index in [1.54, 1.807) is 6.07 Å². The SMILES string of the molecule is CC(C)(C)c1cc(NC(=O)N[C@H]2CC[C@@H](Oc3ccc4nnc(C5(C)CCC5)n4c3)c3ccccc32)nc(C(=O)NCCN2CCOCC2)n1. The van der Waals surface area contributed by atoms with E-state index in [0.717, 1.165) is 54.3 Å². The number of fused-ring (bicyclic) bond motifs is 2. The molecule has 1 saturated heterocycles. The van der Waals surface area contributed by atoms with Crippen LogP contribution in [0.2, 0.25) is 0 Å². The maximum Gasteiger partial charge on any atom is 0.320 e. The molecule has 2 aliphatic carbocycles. The summed E-state index contributed by atoms with van der Waals surface area (Å²) < 4.78 is 14.1. The van der Waals surface area contributed by atoms with E-state index in [2.05, 4.69) is 58.4 Å². The molecule has 13 heteroatoms. The summed E-state index contributed by atoms with van der Waals surface area (Å²) in [6.07, 6.45) is 6.64. The number of anilines is 1. The minimum Gasteiger partial charge on any atom is -0.484 e. The van der Waals surface area contributed by atoms with Crippen molar-refractivity contribution in [2.45, 2.75) is 82.8 Å². The Balaban J connectivity index is 1.02. The van der Waals surface area contributed by atoms with Crippen LogP contribution in [-0.2, 0) is 15.6 Å². The third-order valence-electron chi connectivity index (χ3n) is 10.1. The van der Waals surface area contributed by atoms with Gasteiger partial charge in [-0.15, -0.1) is 10.2 Å². The summed E-state index contributed by atoms with van der Waals surface area (Å²) in [6, 6.07) is 13.1. The normalized spacial score (nSPS) is 20.4. The highest BCUT2D eigenvalue weighted by Gasteiger charge is 2.38. The molecule has 0 radical (unpaired) electrons. The molecular weight excluding hydrogens is 634 g/mol. The van der Waals surface area contributed by atoms with Crippen molar-refractivity contribution in [3.05, 3.63) is 77.1 Å². The van der Waals surface area contributed by atoms with Crippen molar-refractivity contribution in [1.82, 2.24) is 40.1 Å². The molecule has 3 N–H and O–H groups in total. The van der Waals surface area contributed by atoms with Crippen LogP contribution < -0.4 is 20.7 Å². The molecule has 50 heavy (non-hydrogen) atoms. The van der Waals surface area contributed by atoms with Gasteiger partial charge in [-0.3, -0.25) is 19.4 Å². The van der Waals surface area contributed by atoms with Gasteiger partial charge in [-0.25, -0.2) is 14.8 Å². The molecule has 0 bridgehead atoms. The fraction of sp³-hybridized carbons (Fsp3) is 0.514. The molecule has 0 spiro atoms. The van der Waals surface area contributed by atoms with Crippen LogP contribution in [0.5, 0.6) is 5.75 Å². The van der Waals surface area contributed by atoms with Crippen molar-refractivity contribution >= 4 is 23.4 Å². The minimum absolute atomic E-state index is 0.0243. The second-order valence-electron chi connectivity index (χ2n) is 14.9. The fourth-order valence-electron chi connectivity index (χ4n) is 7.01. The van der Waals surface area contributed by atoms with Gasteiger partial charge >= 0.3 is 6.03 Å². The Morgan fingerprint density at radius 3 is 2.54 bits per heavy atom. The lowest BCUT2D eigenvalue weighted by molar-refractivity contribution is 0.0383. The number of aromatic nitrogens is 5. The Kier molecular flexibility index (Phi) is 9.44. The second kappa shape index (κ2) is 13.9. The zero-order valence-corrected chi connectivity index (χ0v) is 29.4. The predicted molar refractivity (Wildman–Crippen MR) is 188 cm³/mol. The predicted octanol–water partition coefficient (Wildman–Crippen LogP) is 5.10. The minimum atomic E-state index is -0.406. The molecule has 264 valence electrons. The van der Waals surface area contributed by atoms with Gasteiger partial charge < -0.3 is 20.1 Å². The number of hydrogen-bond acceptors (Lipinski definition) is 9. The highest BCUT2D eigenvalue weighted by atomic mass is 16.5. The molecule has 1 aliphatic heterocycles. The summed E-state index contributed by atoms with van der Waals surface area (Å²) in [5, 5.41) is 17.9. The maximum absolute atomic E-state index is 13.4. The van der Waals surface area contributed by atoms with Gasteiger partial charge in [0.15, 0.2) is 5.65 Å². The lowest BCUT2D eigenvalue weighted by Crippen LogP contribution is -2.41. The number of rotatable bonds is 9. The first-order chi connectivity index (χ1) is 24.1. The van der Waals surface area contributed by atoms with E-state index in [1.165, 1.54) is 6.42 Å². The number of nitrogens with zero attached hydrogens (tertiary/aromatic N) is 6. The van der Waals surface area contributed by atoms with E-state index in [4.69, 9.17) is 9.47 Å². The average molecular weight is 682 g/mol. The van der Waals surface area contributed by atoms with Crippen molar-refractivity contribution in [1.29, 1.82) is 0 Å². The number of amides is 3. The molecule has 1 saturated carbocycles. The molecule has 4 heterocycles. The Labute approximate surface area is 292 Å². The van der Waals surface area contributed by atoms with Crippen LogP contribution in [0.1, 0.15) is 105 Å². The van der Waals surface area contributed by atoms with Crippen LogP contribution in [0.4, 0.5) is 10.6 Å². The number of pyridine rings is 1. The van der Waals surface area contributed by atoms with Crippen molar-refractivity contribution in [3.8, 4) is 5.75 Å². The van der Waals surface area contributed by atoms with E-state index >= 15 is 0 Å². The molecule has 13 nitrogen and oxygen atoms in total. The van der Waals surface area contributed by atoms with Crippen LogP contribution in [0, 0.1) is 0 Å². The van der Waals surface area contributed by atoms with Crippen molar-refractivity contribution in [2.75, 3.05) is 44.7 Å². The first-order valence-electron chi connectivity index (χ1n) is 17.7. The van der Waals surface area contributed by atoms with E-state index < -0.39 is 6.03 Å². The second-order valence-corrected chi connectivity index (χ2v) is 14.9. The summed E-state index contributed by atoms with van der Waals surface area (Å²) in [7, 11) is 0. The molecule has 3 aromatic heterocycles. The number of morpholine rings is 1. The first-order valence-corrected chi connectivity index (χ1v) is 17.7. The van der Waals surface area contributed by atoms with E-state index in [-0.39, 0.29) is 40.5 Å². The Hall–Kier alpha value is -4.62. The molecule has 7 rings (SSSR count). The fourth-order valence-corrected chi connectivity index (χ4v) is 7.01. The van der Waals surface area contributed by atoms with Crippen LogP contribution in [0.3, 0.4) is 0 Å². The average Bonchev–Trinajstić information content (AvgIpc) is 3.52. The van der Waals surface area contributed by atoms with Gasteiger partial charge in [0, 0.05) is 43.1 Å². The topological polar surface area (TPSA) is 148 Å². The van der Waals surface area contributed by atoms with E-state index in [1.807, 2.05) is 57.3 Å². The third kappa shape index (κ3) is 7.29. The Morgan fingerprint density at radius 1 is 1.02 bits per heavy atom. The van der Waals surface area contributed by atoms with E-state index in [9.17, 15) is 9.59 Å². The van der Waals surface area contributed by atoms with Crippen molar-refractivity contribution in [3.63, 3.8) is 0 Å². The number of urea groups is 1. The lowest BCUT2D eigenvalue weighted by Gasteiger charge is -2.36. The molecule has 3 aliphatic rings. The number of nitrogens with one attached hydrogen (secondary N) is 3. The smallest absolute Gasteiger partial charge is 0.320 e. The highest BCUT2D eigenvalue weighted by molar-refractivity contribution is 5.92. The first kappa shape index (κ1) is 33.9. The van der Waals surface area contributed by atoms with Crippen molar-refractivity contribution in [2.24, 2.45) is 0 Å². The number of carbonyl (C=O) groups excluding carboxylic acids is 2. The zero-order chi connectivity index (χ0) is 34.9. The zero-order valence-electron chi connectivity index (χ0n) is 29.4. The number of hydrogen-bond donors (Lipinski definition) is 3. The molecule has 1 aromatic carbocycles. The standard InChI is InChI=1S/C37H47N9O4/c1-36(2,3)29-22-30(41-32(40-29)33(47)38-16-17-45-18-20-49-21-19-45)42-35(48)39-27-11-12-28(26-9-6-5-8-25(26)27)50-24-10-13-31-43-44-34(46(31)23-24)37(4)14-7-15-37/h5-6,8-10,13,22-23,27-28H,7,11-12,14-21H2,1-4H3,(H,38,47)(H2,39,40,41,42,48)/t27-,28+/m0/s1. The van der Waals surface area contributed by atoms with Gasteiger partial charge in [-0.2, -0.15) is 0 Å². The molecule has 0 unspecified atom stereocenters. The molecule has 2 fully saturated rings. The third-order valence-corrected chi connectivity index (χ3v) is 10.1. The number of benzene rings is 1. The summed E-state index contributed by atoms with van der Waals surface area (Å²) in [5.41, 5.74) is 3.19. The van der Waals surface area contributed by atoms with Gasteiger partial charge in [0.1, 0.15) is 23.5 Å². The summed E-state index contributed by atoms with van der Waals surface area (Å²) >= 11 is 0. The van der Waals surface area contributed by atoms with Gasteiger partial charge in [0.25, 0.3) is 5.91 Å². The van der Waals surface area contributed by atoms with E-state index in [0.29, 0.717) is 44.8 Å². The molecule has 4 aromatic rings. The quantitative estimate of drug-likeness (QED) is 0.220. The van der Waals surface area contributed by atoms with Gasteiger partial charge in [-0.1, -0.05) is 58.4 Å². The lowest BCUT2D eigenvalue weighted by atomic mass is 9.70. The van der Waals surface area contributed by atoms with Gasteiger partial charge in [-0.05, 0) is 48.9 Å². The molecule has 3 amide bonds. The highest BCUT2D eigenvalue weighted by Crippen LogP contribution is 2.43. The maximum atomic E-state index is 13.4. The van der Waals surface area contributed by atoms with Crippen LogP contribution in [0.15, 0.2) is 48.7 Å². The van der Waals surface area contributed by atoms with Crippen LogP contribution in [0.25, 0.3) is 5.65 Å². The number of carbonyl (C=O) groups is 2. The molecule has 2 atom stereocenters. The van der Waals surface area contributed by atoms with Gasteiger partial charge in [0.05, 0.1) is 31.1 Å². The largest absolute Gasteiger partial charge is 0.484 e. The summed E-state index contributed by atoms with van der Waals surface area (Å²) in [5.74, 6) is 1.65. The monoisotopic (exact) mass is 681 g/mol. The van der Waals surface area contributed by atoms with Crippen molar-refractivity contribution < 1.29 is 19.1 Å². The van der Waals surface area contributed by atoms with Crippen LogP contribution >= 0.6 is 0 Å². The summed E-state index contributed by atoms with van der Waals surface area (Å²) in [4.78, 5) is 37.8. The molecular formula is C37H47N9O4.